The van der Waals surface area contributed by atoms with Crippen molar-refractivity contribution in [2.24, 2.45) is 0 Å². The van der Waals surface area contributed by atoms with Crippen LogP contribution >= 0.6 is 0 Å². The summed E-state index contributed by atoms with van der Waals surface area (Å²) in [6.07, 6.45) is -3.75. The number of methoxy groups -OCH3 is 1. The molecular formula is C20H17F3N4O. The summed E-state index contributed by atoms with van der Waals surface area (Å²) in [7, 11) is 1.55. The van der Waals surface area contributed by atoms with Crippen molar-refractivity contribution in [3.63, 3.8) is 0 Å². The van der Waals surface area contributed by atoms with Gasteiger partial charge in [-0.05, 0) is 35.9 Å². The van der Waals surface area contributed by atoms with Crippen LogP contribution in [0.5, 0.6) is 5.75 Å². The number of hydrogen-bond acceptors (Lipinski definition) is 4. The van der Waals surface area contributed by atoms with Gasteiger partial charge in [-0.1, -0.05) is 19.1 Å². The molecule has 4 rings (SSSR count). The van der Waals surface area contributed by atoms with Gasteiger partial charge < -0.3 is 10.5 Å². The Morgan fingerprint density at radius 1 is 1.07 bits per heavy atom. The molecule has 0 amide bonds. The van der Waals surface area contributed by atoms with E-state index < -0.39 is 11.7 Å². The first kappa shape index (κ1) is 18.1. The minimum absolute atomic E-state index is 0.354. The van der Waals surface area contributed by atoms with E-state index >= 15 is 0 Å². The van der Waals surface area contributed by atoms with E-state index in [-0.39, 0.29) is 0 Å². The maximum absolute atomic E-state index is 12.9. The SMILES string of the molecule is CCc1nnc2c(N)c(-c3ccc(C(F)(F)F)cc3)c3cc(OC)ccc3n12. The van der Waals surface area contributed by atoms with Crippen molar-refractivity contribution in [1.82, 2.24) is 14.6 Å². The van der Waals surface area contributed by atoms with Gasteiger partial charge in [0, 0.05) is 17.4 Å². The standard InChI is InChI=1S/C20H17F3N4O/c1-3-16-25-26-19-18(24)17(11-4-6-12(7-5-11)20(21,22)23)14-10-13(28-2)8-9-15(14)27(16)19/h4-10H,3,24H2,1-2H3. The lowest BCUT2D eigenvalue weighted by Gasteiger charge is -2.15. The van der Waals surface area contributed by atoms with Crippen molar-refractivity contribution in [2.45, 2.75) is 19.5 Å². The van der Waals surface area contributed by atoms with Crippen molar-refractivity contribution in [3.8, 4) is 16.9 Å². The first-order valence-corrected chi connectivity index (χ1v) is 8.66. The number of ether oxygens (including phenoxy) is 1. The van der Waals surface area contributed by atoms with Crippen LogP contribution in [-0.2, 0) is 12.6 Å². The molecule has 0 saturated heterocycles. The highest BCUT2D eigenvalue weighted by Crippen LogP contribution is 2.39. The molecule has 0 aliphatic heterocycles. The summed E-state index contributed by atoms with van der Waals surface area (Å²) in [5, 5.41) is 9.15. The van der Waals surface area contributed by atoms with Crippen LogP contribution in [0.4, 0.5) is 18.9 Å². The highest BCUT2D eigenvalue weighted by molar-refractivity contribution is 6.05. The third kappa shape index (κ3) is 2.72. The molecule has 0 fully saturated rings. The molecule has 2 heterocycles. The number of nitrogens with two attached hydrogens (primary N) is 1. The Morgan fingerprint density at radius 3 is 2.39 bits per heavy atom. The van der Waals surface area contributed by atoms with Crippen LogP contribution in [0.1, 0.15) is 18.3 Å². The second-order valence-corrected chi connectivity index (χ2v) is 6.38. The number of nitrogens with zero attached hydrogens (tertiary/aromatic N) is 3. The molecule has 2 N–H and O–H groups in total. The molecule has 0 bridgehead atoms. The molecule has 0 spiro atoms. The number of rotatable bonds is 3. The number of pyridine rings is 1. The largest absolute Gasteiger partial charge is 0.497 e. The van der Waals surface area contributed by atoms with E-state index in [0.29, 0.717) is 34.6 Å². The number of aromatic nitrogens is 3. The third-order valence-electron chi connectivity index (χ3n) is 4.77. The van der Waals surface area contributed by atoms with Gasteiger partial charge in [-0.15, -0.1) is 10.2 Å². The fourth-order valence-corrected chi connectivity index (χ4v) is 3.40. The lowest BCUT2D eigenvalue weighted by atomic mass is 9.97. The molecule has 2 aromatic heterocycles. The molecule has 0 radical (unpaired) electrons. The maximum Gasteiger partial charge on any atom is 0.416 e. The van der Waals surface area contributed by atoms with E-state index in [1.807, 2.05) is 29.5 Å². The van der Waals surface area contributed by atoms with Gasteiger partial charge in [-0.2, -0.15) is 13.2 Å². The van der Waals surface area contributed by atoms with Crippen molar-refractivity contribution in [2.75, 3.05) is 12.8 Å². The number of aryl methyl sites for hydroxylation is 1. The summed E-state index contributed by atoms with van der Waals surface area (Å²) >= 11 is 0. The monoisotopic (exact) mass is 386 g/mol. The van der Waals surface area contributed by atoms with Crippen molar-refractivity contribution < 1.29 is 17.9 Å². The Balaban J connectivity index is 2.07. The second kappa shape index (κ2) is 6.40. The fraction of sp³-hybridized carbons (Fsp3) is 0.200. The molecular weight excluding hydrogens is 369 g/mol. The van der Waals surface area contributed by atoms with Gasteiger partial charge in [0.05, 0.1) is 23.9 Å². The topological polar surface area (TPSA) is 65.4 Å². The Labute approximate surface area is 158 Å². The van der Waals surface area contributed by atoms with Gasteiger partial charge in [0.2, 0.25) is 0 Å². The predicted molar refractivity (Wildman–Crippen MR) is 101 cm³/mol. The highest BCUT2D eigenvalue weighted by atomic mass is 19.4. The molecule has 0 unspecified atom stereocenters. The van der Waals surface area contributed by atoms with Gasteiger partial charge in [0.1, 0.15) is 11.6 Å². The quantitative estimate of drug-likeness (QED) is 0.553. The lowest BCUT2D eigenvalue weighted by molar-refractivity contribution is -0.137. The number of halogens is 3. The van der Waals surface area contributed by atoms with Crippen LogP contribution in [0, 0.1) is 0 Å². The first-order valence-electron chi connectivity index (χ1n) is 8.66. The van der Waals surface area contributed by atoms with Crippen LogP contribution in [0.15, 0.2) is 42.5 Å². The Kier molecular flexibility index (Phi) is 4.14. The molecule has 2 aromatic carbocycles. The number of fused-ring (bicyclic) bond motifs is 3. The lowest BCUT2D eigenvalue weighted by Crippen LogP contribution is -2.05. The van der Waals surface area contributed by atoms with E-state index in [4.69, 9.17) is 10.5 Å². The summed E-state index contributed by atoms with van der Waals surface area (Å²) in [4.78, 5) is 0. The Morgan fingerprint density at radius 2 is 1.79 bits per heavy atom. The second-order valence-electron chi connectivity index (χ2n) is 6.38. The number of nitrogen functional groups attached to an aromatic ring is 1. The van der Waals surface area contributed by atoms with Gasteiger partial charge in [0.25, 0.3) is 0 Å². The molecule has 0 atom stereocenters. The average Bonchev–Trinajstić information content (AvgIpc) is 3.12. The normalized spacial score (nSPS) is 12.0. The van der Waals surface area contributed by atoms with Crippen LogP contribution in [0.2, 0.25) is 0 Å². The smallest absolute Gasteiger partial charge is 0.416 e. The van der Waals surface area contributed by atoms with Crippen LogP contribution in [0.3, 0.4) is 0 Å². The van der Waals surface area contributed by atoms with E-state index in [0.717, 1.165) is 28.9 Å². The first-order chi connectivity index (χ1) is 13.3. The highest BCUT2D eigenvalue weighted by Gasteiger charge is 2.30. The van der Waals surface area contributed by atoms with Gasteiger partial charge in [-0.3, -0.25) is 4.40 Å². The molecule has 0 saturated carbocycles. The summed E-state index contributed by atoms with van der Waals surface area (Å²) in [6, 6.07) is 10.4. The maximum atomic E-state index is 12.9. The zero-order valence-corrected chi connectivity index (χ0v) is 15.2. The van der Waals surface area contributed by atoms with E-state index in [2.05, 4.69) is 10.2 Å². The molecule has 144 valence electrons. The van der Waals surface area contributed by atoms with E-state index in [1.54, 1.807) is 7.11 Å². The number of benzene rings is 2. The van der Waals surface area contributed by atoms with Crippen molar-refractivity contribution in [1.29, 1.82) is 0 Å². The molecule has 0 aliphatic carbocycles. The van der Waals surface area contributed by atoms with Crippen LogP contribution < -0.4 is 10.5 Å². The minimum Gasteiger partial charge on any atom is -0.497 e. The van der Waals surface area contributed by atoms with Gasteiger partial charge in [0.15, 0.2) is 5.65 Å². The van der Waals surface area contributed by atoms with Gasteiger partial charge in [-0.25, -0.2) is 0 Å². The molecule has 28 heavy (non-hydrogen) atoms. The number of alkyl halides is 3. The zero-order valence-electron chi connectivity index (χ0n) is 15.2. The van der Waals surface area contributed by atoms with E-state index in [9.17, 15) is 13.2 Å². The summed E-state index contributed by atoms with van der Waals surface area (Å²) in [5.74, 6) is 1.36. The van der Waals surface area contributed by atoms with Gasteiger partial charge >= 0.3 is 6.18 Å². The fourth-order valence-electron chi connectivity index (χ4n) is 3.40. The third-order valence-corrected chi connectivity index (χ3v) is 4.77. The summed E-state index contributed by atoms with van der Waals surface area (Å²) in [6.45, 7) is 1.96. The van der Waals surface area contributed by atoms with E-state index in [1.165, 1.54) is 12.1 Å². The van der Waals surface area contributed by atoms with Crippen molar-refractivity contribution in [3.05, 3.63) is 53.9 Å². The van der Waals surface area contributed by atoms with Crippen LogP contribution in [-0.4, -0.2) is 21.7 Å². The number of anilines is 1. The molecule has 4 aromatic rings. The molecule has 8 heteroatoms. The Bertz CT molecular complexity index is 1180. The predicted octanol–water partition coefficient (Wildman–Crippen LogP) is 4.72. The summed E-state index contributed by atoms with van der Waals surface area (Å²) < 4.78 is 46.0. The molecule has 5 nitrogen and oxygen atoms in total. The Hall–Kier alpha value is -3.29. The van der Waals surface area contributed by atoms with Crippen LogP contribution in [0.25, 0.3) is 27.7 Å². The number of hydrogen-bond donors (Lipinski definition) is 1. The minimum atomic E-state index is -4.40. The average molecular weight is 386 g/mol. The molecule has 0 aliphatic rings. The zero-order chi connectivity index (χ0) is 20.1. The summed E-state index contributed by atoms with van der Waals surface area (Å²) in [5.41, 5.74) is 8.50. The van der Waals surface area contributed by atoms with Crippen molar-refractivity contribution >= 4 is 22.2 Å².